The lowest BCUT2D eigenvalue weighted by Crippen LogP contribution is -2.43. The van der Waals surface area contributed by atoms with Gasteiger partial charge in [-0.25, -0.2) is 0 Å². The first-order chi connectivity index (χ1) is 12.1. The fourth-order valence-electron chi connectivity index (χ4n) is 4.54. The first-order valence-electron chi connectivity index (χ1n) is 8.90. The molecule has 0 aliphatic carbocycles. The van der Waals surface area contributed by atoms with E-state index in [9.17, 15) is 9.59 Å². The molecular weight excluding hydrogens is 318 g/mol. The number of piperazine rings is 1. The number of carbonyl (C=O) groups excluding carboxylic acids is 2. The Morgan fingerprint density at radius 1 is 1.28 bits per heavy atom. The first-order valence-corrected chi connectivity index (χ1v) is 8.90. The summed E-state index contributed by atoms with van der Waals surface area (Å²) in [4.78, 5) is 26.1. The van der Waals surface area contributed by atoms with Gasteiger partial charge in [0.05, 0.1) is 17.1 Å². The van der Waals surface area contributed by atoms with Gasteiger partial charge >= 0.3 is 0 Å². The number of nitrogens with zero attached hydrogens (tertiary/aromatic N) is 3. The lowest BCUT2D eigenvalue weighted by molar-refractivity contribution is -0.134. The number of anilines is 1. The molecular formula is C18H21N5O2. The third-order valence-corrected chi connectivity index (χ3v) is 5.82. The molecule has 0 spiro atoms. The molecule has 2 bridgehead atoms. The molecule has 7 nitrogen and oxygen atoms in total. The number of benzene rings is 1. The maximum absolute atomic E-state index is 12.2. The minimum Gasteiger partial charge on any atom is -0.366 e. The van der Waals surface area contributed by atoms with Crippen molar-refractivity contribution < 1.29 is 9.59 Å². The average Bonchev–Trinajstić information content (AvgIpc) is 3.30. The van der Waals surface area contributed by atoms with E-state index in [1.165, 1.54) is 12.1 Å². The zero-order valence-corrected chi connectivity index (χ0v) is 14.2. The summed E-state index contributed by atoms with van der Waals surface area (Å²) in [6, 6.07) is 7.57. The van der Waals surface area contributed by atoms with Gasteiger partial charge in [0.15, 0.2) is 0 Å². The topological polar surface area (TPSA) is 79.3 Å². The number of amides is 2. The van der Waals surface area contributed by atoms with Crippen LogP contribution in [0.25, 0.3) is 10.9 Å². The molecule has 25 heavy (non-hydrogen) atoms. The van der Waals surface area contributed by atoms with Crippen molar-refractivity contribution in [3.05, 3.63) is 23.9 Å². The Bertz CT molecular complexity index is 889. The summed E-state index contributed by atoms with van der Waals surface area (Å²) in [7, 11) is 1.92. The van der Waals surface area contributed by atoms with Gasteiger partial charge in [-0.05, 0) is 31.0 Å². The van der Waals surface area contributed by atoms with Gasteiger partial charge in [0.25, 0.3) is 0 Å². The number of hydrogen-bond acceptors (Lipinski definition) is 5. The summed E-state index contributed by atoms with van der Waals surface area (Å²) in [5.41, 5.74) is 3.03. The highest BCUT2D eigenvalue weighted by atomic mass is 16.2. The van der Waals surface area contributed by atoms with E-state index in [1.54, 1.807) is 0 Å². The second-order valence-electron chi connectivity index (χ2n) is 7.36. The zero-order chi connectivity index (χ0) is 17.1. The van der Waals surface area contributed by atoms with Crippen molar-refractivity contribution in [2.45, 2.75) is 37.3 Å². The van der Waals surface area contributed by atoms with Crippen LogP contribution in [-0.2, 0) is 16.6 Å². The van der Waals surface area contributed by atoms with E-state index in [0.29, 0.717) is 24.9 Å². The monoisotopic (exact) mass is 339 g/mol. The van der Waals surface area contributed by atoms with E-state index in [0.717, 1.165) is 29.7 Å². The Labute approximate surface area is 145 Å². The number of imide groups is 1. The summed E-state index contributed by atoms with van der Waals surface area (Å²) in [5, 5.41) is 11.6. The number of piperidine rings is 1. The molecule has 1 aromatic heterocycles. The second-order valence-corrected chi connectivity index (χ2v) is 7.36. The van der Waals surface area contributed by atoms with E-state index >= 15 is 0 Å². The Morgan fingerprint density at radius 3 is 2.88 bits per heavy atom. The summed E-state index contributed by atoms with van der Waals surface area (Å²) in [6.45, 7) is 2.10. The molecule has 4 heterocycles. The summed E-state index contributed by atoms with van der Waals surface area (Å²) in [5.74, 6) is -0.774. The zero-order valence-electron chi connectivity index (χ0n) is 14.2. The minimum atomic E-state index is -0.348. The Balaban J connectivity index is 1.52. The van der Waals surface area contributed by atoms with Crippen LogP contribution in [0, 0.1) is 0 Å². The van der Waals surface area contributed by atoms with Crippen molar-refractivity contribution in [3.8, 4) is 0 Å². The number of rotatable bonds is 2. The number of carbonyl (C=O) groups is 2. The standard InChI is InChI=1S/C18H21N5O2/c1-22-15-7-11(23-9-10-6-12(23)8-19-10)2-3-13(15)17(21-22)14-4-5-16(24)20-18(14)25/h2-3,7,10,12,14,19H,4-6,8-9H2,1H3,(H,20,24,25)/t10-,12-,14?/m0/s1. The third-order valence-electron chi connectivity index (χ3n) is 5.82. The molecule has 2 aromatic rings. The number of nitrogens with one attached hydrogen (secondary N) is 2. The fourth-order valence-corrected chi connectivity index (χ4v) is 4.54. The molecule has 130 valence electrons. The number of fused-ring (bicyclic) bond motifs is 3. The highest BCUT2D eigenvalue weighted by Gasteiger charge is 2.38. The van der Waals surface area contributed by atoms with E-state index in [1.807, 2.05) is 11.7 Å². The van der Waals surface area contributed by atoms with Gasteiger partial charge in [0, 0.05) is 49.7 Å². The molecule has 5 rings (SSSR count). The highest BCUT2D eigenvalue weighted by Crippen LogP contribution is 2.35. The van der Waals surface area contributed by atoms with Gasteiger partial charge in [0.1, 0.15) is 0 Å². The van der Waals surface area contributed by atoms with E-state index in [-0.39, 0.29) is 17.7 Å². The van der Waals surface area contributed by atoms with Crippen LogP contribution in [0.4, 0.5) is 5.69 Å². The molecule has 3 aliphatic rings. The van der Waals surface area contributed by atoms with Gasteiger partial charge in [-0.2, -0.15) is 5.10 Å². The summed E-state index contributed by atoms with van der Waals surface area (Å²) in [6.07, 6.45) is 2.11. The van der Waals surface area contributed by atoms with Crippen molar-refractivity contribution in [1.29, 1.82) is 0 Å². The first kappa shape index (κ1) is 14.9. The van der Waals surface area contributed by atoms with E-state index in [2.05, 4.69) is 38.8 Å². The lowest BCUT2D eigenvalue weighted by atomic mass is 9.93. The maximum atomic E-state index is 12.2. The van der Waals surface area contributed by atoms with Crippen molar-refractivity contribution in [1.82, 2.24) is 20.4 Å². The molecule has 3 saturated heterocycles. The average molecular weight is 339 g/mol. The predicted molar refractivity (Wildman–Crippen MR) is 93.4 cm³/mol. The van der Waals surface area contributed by atoms with Crippen LogP contribution < -0.4 is 15.5 Å². The van der Waals surface area contributed by atoms with Crippen LogP contribution in [0.3, 0.4) is 0 Å². The molecule has 3 fully saturated rings. The van der Waals surface area contributed by atoms with Crippen molar-refractivity contribution >= 4 is 28.4 Å². The quantitative estimate of drug-likeness (QED) is 0.785. The lowest BCUT2D eigenvalue weighted by Gasteiger charge is -2.29. The minimum absolute atomic E-state index is 0.193. The van der Waals surface area contributed by atoms with Crippen molar-refractivity contribution in [2.24, 2.45) is 7.05 Å². The molecule has 0 radical (unpaired) electrons. The summed E-state index contributed by atoms with van der Waals surface area (Å²) >= 11 is 0. The molecule has 7 heteroatoms. The largest absolute Gasteiger partial charge is 0.366 e. The van der Waals surface area contributed by atoms with Crippen LogP contribution in [0.1, 0.15) is 30.9 Å². The number of aromatic nitrogens is 2. The van der Waals surface area contributed by atoms with E-state index in [4.69, 9.17) is 0 Å². The molecule has 1 aromatic carbocycles. The Morgan fingerprint density at radius 2 is 2.16 bits per heavy atom. The maximum Gasteiger partial charge on any atom is 0.235 e. The van der Waals surface area contributed by atoms with Crippen LogP contribution in [0.5, 0.6) is 0 Å². The number of aryl methyl sites for hydroxylation is 1. The SMILES string of the molecule is Cn1nc(C2CCC(=O)NC2=O)c2ccc(N3C[C@@H]4C[C@H]3CN4)cc21. The van der Waals surface area contributed by atoms with Crippen molar-refractivity contribution in [2.75, 3.05) is 18.0 Å². The van der Waals surface area contributed by atoms with Gasteiger partial charge in [-0.15, -0.1) is 0 Å². The van der Waals surface area contributed by atoms with Crippen LogP contribution in [0.2, 0.25) is 0 Å². The molecule has 3 aliphatic heterocycles. The van der Waals surface area contributed by atoms with Gasteiger partial charge in [-0.3, -0.25) is 19.6 Å². The predicted octanol–water partition coefficient (Wildman–Crippen LogP) is 0.644. The van der Waals surface area contributed by atoms with Crippen LogP contribution >= 0.6 is 0 Å². The Kier molecular flexibility index (Phi) is 3.15. The third kappa shape index (κ3) is 2.26. The van der Waals surface area contributed by atoms with Gasteiger partial charge in [0.2, 0.25) is 11.8 Å². The normalized spacial score (nSPS) is 28.8. The van der Waals surface area contributed by atoms with Gasteiger partial charge in [-0.1, -0.05) is 0 Å². The smallest absolute Gasteiger partial charge is 0.235 e. The van der Waals surface area contributed by atoms with Crippen LogP contribution in [-0.4, -0.2) is 46.8 Å². The highest BCUT2D eigenvalue weighted by molar-refractivity contribution is 6.02. The van der Waals surface area contributed by atoms with Gasteiger partial charge < -0.3 is 10.2 Å². The molecule has 2 amide bonds. The van der Waals surface area contributed by atoms with Crippen LogP contribution in [0.15, 0.2) is 18.2 Å². The molecule has 1 unspecified atom stereocenters. The van der Waals surface area contributed by atoms with Crippen molar-refractivity contribution in [3.63, 3.8) is 0 Å². The van der Waals surface area contributed by atoms with E-state index < -0.39 is 0 Å². The summed E-state index contributed by atoms with van der Waals surface area (Å²) < 4.78 is 1.85. The Hall–Kier alpha value is -2.41. The molecule has 2 N–H and O–H groups in total. The second kappa shape index (κ2) is 5.29. The number of hydrogen-bond donors (Lipinski definition) is 2. The molecule has 3 atom stereocenters. The fraction of sp³-hybridized carbons (Fsp3) is 0.500. The molecule has 0 saturated carbocycles.